The summed E-state index contributed by atoms with van der Waals surface area (Å²) >= 11 is 0.323. The number of methoxy groups -OCH3 is 1. The molecule has 0 radical (unpaired) electrons. The van der Waals surface area contributed by atoms with Crippen molar-refractivity contribution in [2.24, 2.45) is 17.8 Å². The Bertz CT molecular complexity index is 689. The zero-order chi connectivity index (χ0) is 19.2. The molecule has 3 nitrogen and oxygen atoms in total. The van der Waals surface area contributed by atoms with Gasteiger partial charge >= 0.3 is 169 Å². The molecule has 5 atom stereocenters. The molecule has 0 N–H and O–H groups in total. The Balaban J connectivity index is 1.56. The van der Waals surface area contributed by atoms with Gasteiger partial charge in [0.25, 0.3) is 0 Å². The summed E-state index contributed by atoms with van der Waals surface area (Å²) < 4.78 is 19.2. The first-order valence-corrected chi connectivity index (χ1v) is 11.5. The van der Waals surface area contributed by atoms with Crippen LogP contribution in [0.3, 0.4) is 0 Å². The first-order valence-electron chi connectivity index (χ1n) is 9.66. The maximum absolute atomic E-state index is 6.54. The molecule has 2 aromatic carbocycles. The van der Waals surface area contributed by atoms with Crippen LogP contribution < -0.4 is 9.20 Å². The van der Waals surface area contributed by atoms with Crippen molar-refractivity contribution in [3.05, 3.63) is 60.2 Å². The van der Waals surface area contributed by atoms with Crippen LogP contribution in [0.2, 0.25) is 0 Å². The van der Waals surface area contributed by atoms with E-state index in [1.54, 1.807) is 7.11 Å². The van der Waals surface area contributed by atoms with Gasteiger partial charge in [-0.2, -0.15) is 0 Å². The summed E-state index contributed by atoms with van der Waals surface area (Å²) in [6.07, 6.45) is 0.157. The predicted octanol–water partition coefficient (Wildman–Crippen LogP) is 3.87. The van der Waals surface area contributed by atoms with Crippen molar-refractivity contribution >= 4 is 19.4 Å². The molecule has 1 aliphatic heterocycles. The molecule has 0 aromatic heterocycles. The summed E-state index contributed by atoms with van der Waals surface area (Å²) in [5, 5.41) is 0.306. The average Bonchev–Trinajstić information content (AvgIpc) is 2.71. The van der Waals surface area contributed by atoms with E-state index in [0.29, 0.717) is 50.9 Å². The molecule has 2 aromatic rings. The van der Waals surface area contributed by atoms with E-state index in [0.717, 1.165) is 11.3 Å². The van der Waals surface area contributed by atoms with Gasteiger partial charge < -0.3 is 0 Å². The fourth-order valence-corrected chi connectivity index (χ4v) is 6.07. The zero-order valence-electron chi connectivity index (χ0n) is 16.6. The number of ether oxygens (including phenoxy) is 3. The van der Waals surface area contributed by atoms with Gasteiger partial charge in [0.15, 0.2) is 0 Å². The summed E-state index contributed by atoms with van der Waals surface area (Å²) in [5.74, 6) is 2.57. The molecule has 0 bridgehead atoms. The first-order chi connectivity index (χ1) is 13.1. The third kappa shape index (κ3) is 5.36. The minimum atomic E-state index is 0.157. The number of hydrogen-bond donors (Lipinski definition) is 0. The summed E-state index contributed by atoms with van der Waals surface area (Å²) in [6, 6.07) is 18.8. The van der Waals surface area contributed by atoms with E-state index in [4.69, 9.17) is 14.2 Å². The molecule has 0 amide bonds. The van der Waals surface area contributed by atoms with Gasteiger partial charge in [-0.15, -0.1) is 0 Å². The third-order valence-corrected chi connectivity index (χ3v) is 8.45. The normalized spacial score (nSPS) is 28.1. The molecule has 0 saturated carbocycles. The van der Waals surface area contributed by atoms with Crippen LogP contribution in [0.1, 0.15) is 26.3 Å². The fourth-order valence-electron chi connectivity index (χ4n) is 3.46. The molecule has 1 fully saturated rings. The molecule has 27 heavy (non-hydrogen) atoms. The van der Waals surface area contributed by atoms with E-state index in [-0.39, 0.29) is 6.10 Å². The predicted molar refractivity (Wildman–Crippen MR) is 111 cm³/mol. The van der Waals surface area contributed by atoms with E-state index >= 15 is 0 Å². The summed E-state index contributed by atoms with van der Waals surface area (Å²) in [7, 11) is 1.68. The summed E-state index contributed by atoms with van der Waals surface area (Å²) in [5.41, 5.74) is 1.16. The Labute approximate surface area is 169 Å². The molecular weight excluding hydrogens is 403 g/mol. The van der Waals surface area contributed by atoms with Crippen LogP contribution in [0.15, 0.2) is 54.6 Å². The number of benzene rings is 2. The Kier molecular flexibility index (Phi) is 7.37. The van der Waals surface area contributed by atoms with Crippen LogP contribution in [-0.2, 0) is 16.1 Å². The van der Waals surface area contributed by atoms with E-state index < -0.39 is 0 Å². The minimum absolute atomic E-state index is 0.157. The van der Waals surface area contributed by atoms with Crippen molar-refractivity contribution in [2.75, 3.05) is 13.7 Å². The second-order valence-corrected chi connectivity index (χ2v) is 9.87. The van der Waals surface area contributed by atoms with E-state index in [2.05, 4.69) is 63.2 Å². The molecule has 1 aliphatic rings. The van der Waals surface area contributed by atoms with Gasteiger partial charge in [-0.05, 0) is 0 Å². The van der Waals surface area contributed by atoms with Crippen LogP contribution in [0.5, 0.6) is 5.75 Å². The monoisotopic (exact) mass is 434 g/mol. The van der Waals surface area contributed by atoms with Gasteiger partial charge in [-0.25, -0.2) is 0 Å². The van der Waals surface area contributed by atoms with E-state index in [1.165, 1.54) is 4.46 Å². The van der Waals surface area contributed by atoms with Crippen molar-refractivity contribution in [3.63, 3.8) is 0 Å². The molecule has 1 heterocycles. The second-order valence-electron chi connectivity index (χ2n) is 7.41. The topological polar surface area (TPSA) is 27.7 Å². The summed E-state index contributed by atoms with van der Waals surface area (Å²) in [4.78, 5) is 0. The van der Waals surface area contributed by atoms with Crippen LogP contribution >= 0.6 is 0 Å². The molecular formula is C23H30O3Se. The molecule has 4 heteroatoms. The summed E-state index contributed by atoms with van der Waals surface area (Å²) in [6.45, 7) is 8.25. The molecule has 0 aliphatic carbocycles. The first kappa shape index (κ1) is 20.4. The van der Waals surface area contributed by atoms with Crippen molar-refractivity contribution in [1.82, 2.24) is 0 Å². The zero-order valence-corrected chi connectivity index (χ0v) is 18.3. The molecule has 3 rings (SSSR count). The van der Waals surface area contributed by atoms with Gasteiger partial charge in [0, 0.05) is 0 Å². The Hall–Kier alpha value is -1.32. The van der Waals surface area contributed by atoms with Crippen LogP contribution in [-0.4, -0.2) is 39.8 Å². The van der Waals surface area contributed by atoms with Crippen LogP contribution in [0.4, 0.5) is 0 Å². The quantitative estimate of drug-likeness (QED) is 0.621. The Morgan fingerprint density at radius 3 is 2.26 bits per heavy atom. The number of hydrogen-bond acceptors (Lipinski definition) is 3. The standard InChI is InChI=1S/C23H30O3Se/c1-16-17(2)22(15-25-14-19-10-12-20(24-4)13-11-19)26-23(18(16)3)27-21-8-6-5-7-9-21/h5-13,16-18,22-23H,14-15H2,1-4H3/t16-,17-,18?,22?,23-/m0/s1. The molecule has 0 spiro atoms. The van der Waals surface area contributed by atoms with Gasteiger partial charge in [-0.1, -0.05) is 0 Å². The Morgan fingerprint density at radius 2 is 1.59 bits per heavy atom. The Morgan fingerprint density at radius 1 is 0.889 bits per heavy atom. The average molecular weight is 433 g/mol. The van der Waals surface area contributed by atoms with Crippen molar-refractivity contribution in [3.8, 4) is 5.75 Å². The van der Waals surface area contributed by atoms with E-state index in [9.17, 15) is 0 Å². The second kappa shape index (κ2) is 9.75. The number of rotatable bonds is 7. The molecule has 1 saturated heterocycles. The van der Waals surface area contributed by atoms with Crippen molar-refractivity contribution in [1.29, 1.82) is 0 Å². The molecule has 2 unspecified atom stereocenters. The van der Waals surface area contributed by atoms with Crippen molar-refractivity contribution < 1.29 is 14.2 Å². The van der Waals surface area contributed by atoms with Gasteiger partial charge in [-0.3, -0.25) is 0 Å². The molecule has 146 valence electrons. The van der Waals surface area contributed by atoms with Gasteiger partial charge in [0.05, 0.1) is 0 Å². The fraction of sp³-hybridized carbons (Fsp3) is 0.478. The maximum atomic E-state index is 6.54. The van der Waals surface area contributed by atoms with Crippen LogP contribution in [0, 0.1) is 17.8 Å². The van der Waals surface area contributed by atoms with Gasteiger partial charge in [0.1, 0.15) is 0 Å². The van der Waals surface area contributed by atoms with Gasteiger partial charge in [0.2, 0.25) is 0 Å². The third-order valence-electron chi connectivity index (χ3n) is 5.69. The SMILES string of the molecule is COc1ccc(COCC2O[C@@H]([Se]c3ccccc3)C(C)[C@@H](C)[C@@H]2C)cc1. The van der Waals surface area contributed by atoms with Crippen LogP contribution in [0.25, 0.3) is 0 Å². The van der Waals surface area contributed by atoms with E-state index in [1.807, 2.05) is 12.1 Å². The van der Waals surface area contributed by atoms with Crippen molar-refractivity contribution in [2.45, 2.75) is 38.5 Å².